The highest BCUT2D eigenvalue weighted by Gasteiger charge is 2.25. The Morgan fingerprint density at radius 1 is 0.789 bits per heavy atom. The summed E-state index contributed by atoms with van der Waals surface area (Å²) in [5.74, 6) is 1.69. The monoisotopic (exact) mass is 264 g/mol. The maximum Gasteiger partial charge on any atom is 0.113 e. The van der Waals surface area contributed by atoms with Gasteiger partial charge in [0.2, 0.25) is 0 Å². The molecule has 3 nitrogen and oxygen atoms in total. The summed E-state index contributed by atoms with van der Waals surface area (Å²) < 4.78 is 5.93. The summed E-state index contributed by atoms with van der Waals surface area (Å²) in [5, 5.41) is 0. The molecule has 2 atom stereocenters. The van der Waals surface area contributed by atoms with Crippen LogP contribution in [0.25, 0.3) is 0 Å². The van der Waals surface area contributed by atoms with Gasteiger partial charge in [-0.3, -0.25) is 9.80 Å². The summed E-state index contributed by atoms with van der Waals surface area (Å²) in [6.07, 6.45) is 5.18. The first-order chi connectivity index (χ1) is 9.09. The van der Waals surface area contributed by atoms with E-state index in [9.17, 15) is 0 Å². The molecule has 2 aliphatic rings. The highest BCUT2D eigenvalue weighted by Crippen LogP contribution is 2.22. The number of likely N-dealkylation sites (tertiary alicyclic amines) is 2. The van der Waals surface area contributed by atoms with Gasteiger partial charge in [-0.1, -0.05) is 13.2 Å². The van der Waals surface area contributed by atoms with Gasteiger partial charge < -0.3 is 4.74 Å². The lowest BCUT2D eigenvalue weighted by atomic mass is 10.2. The predicted octanol–water partition coefficient (Wildman–Crippen LogP) is 3.00. The third-order valence-electron chi connectivity index (χ3n) is 4.57. The van der Waals surface area contributed by atoms with E-state index >= 15 is 0 Å². The molecule has 2 unspecified atom stereocenters. The van der Waals surface area contributed by atoms with Gasteiger partial charge in [-0.25, -0.2) is 0 Å². The largest absolute Gasteiger partial charge is 0.464 e. The Bertz CT molecular complexity index is 296. The third-order valence-corrected chi connectivity index (χ3v) is 4.57. The quantitative estimate of drug-likeness (QED) is 0.686. The molecule has 0 radical (unpaired) electrons. The zero-order chi connectivity index (χ0) is 13.8. The zero-order valence-electron chi connectivity index (χ0n) is 12.5. The Kier molecular flexibility index (Phi) is 5.06. The van der Waals surface area contributed by atoms with Gasteiger partial charge in [-0.2, -0.15) is 0 Å². The summed E-state index contributed by atoms with van der Waals surface area (Å²) in [7, 11) is 0. The first kappa shape index (κ1) is 14.6. The molecule has 2 fully saturated rings. The summed E-state index contributed by atoms with van der Waals surface area (Å²) in [6, 6.07) is 0.593. The highest BCUT2D eigenvalue weighted by molar-refractivity contribution is 5.06. The number of hydrogen-bond acceptors (Lipinski definition) is 3. The van der Waals surface area contributed by atoms with Gasteiger partial charge in [-0.15, -0.1) is 0 Å². The van der Waals surface area contributed by atoms with Crippen molar-refractivity contribution in [1.82, 2.24) is 9.80 Å². The van der Waals surface area contributed by atoms with E-state index in [1.165, 1.54) is 25.7 Å². The normalized spacial score (nSPS) is 24.3. The number of rotatable bonds is 6. The van der Waals surface area contributed by atoms with E-state index < -0.39 is 0 Å². The Balaban J connectivity index is 1.81. The van der Waals surface area contributed by atoms with Crippen molar-refractivity contribution in [2.24, 2.45) is 0 Å². The van der Waals surface area contributed by atoms with E-state index in [0.29, 0.717) is 12.1 Å². The summed E-state index contributed by atoms with van der Waals surface area (Å²) >= 11 is 0. The van der Waals surface area contributed by atoms with Crippen LogP contribution in [0.5, 0.6) is 0 Å². The van der Waals surface area contributed by atoms with Crippen LogP contribution in [0.2, 0.25) is 0 Å². The minimum Gasteiger partial charge on any atom is -0.464 e. The van der Waals surface area contributed by atoms with E-state index in [1.54, 1.807) is 0 Å². The van der Waals surface area contributed by atoms with Crippen molar-refractivity contribution < 1.29 is 4.74 Å². The van der Waals surface area contributed by atoms with Gasteiger partial charge in [0, 0.05) is 0 Å². The van der Waals surface area contributed by atoms with Crippen LogP contribution in [0.4, 0.5) is 0 Å². The van der Waals surface area contributed by atoms with Crippen LogP contribution in [0.1, 0.15) is 39.5 Å². The van der Waals surface area contributed by atoms with Crippen LogP contribution in [0.3, 0.4) is 0 Å². The van der Waals surface area contributed by atoms with E-state index in [1.807, 2.05) is 0 Å². The van der Waals surface area contributed by atoms with Crippen molar-refractivity contribution in [3.63, 3.8) is 0 Å². The average molecular weight is 264 g/mol. The van der Waals surface area contributed by atoms with E-state index in [2.05, 4.69) is 36.8 Å². The lowest BCUT2D eigenvalue weighted by Crippen LogP contribution is -2.35. The molecule has 0 aromatic rings. The van der Waals surface area contributed by atoms with Crippen molar-refractivity contribution in [2.45, 2.75) is 51.6 Å². The molecule has 2 rings (SSSR count). The van der Waals surface area contributed by atoms with Crippen LogP contribution >= 0.6 is 0 Å². The van der Waals surface area contributed by atoms with Crippen LogP contribution in [-0.4, -0.2) is 48.1 Å². The van der Waals surface area contributed by atoms with Crippen LogP contribution < -0.4 is 0 Å². The van der Waals surface area contributed by atoms with Gasteiger partial charge in [0.1, 0.15) is 11.5 Å². The Morgan fingerprint density at radius 3 is 1.42 bits per heavy atom. The second kappa shape index (κ2) is 6.58. The number of nitrogens with zero attached hydrogens (tertiary/aromatic N) is 2. The maximum atomic E-state index is 5.93. The van der Waals surface area contributed by atoms with Crippen molar-refractivity contribution in [3.8, 4) is 0 Å². The summed E-state index contributed by atoms with van der Waals surface area (Å²) in [6.45, 7) is 17.2. The second-order valence-corrected chi connectivity index (χ2v) is 5.87. The SMILES string of the molecule is C=C(OC(=C)C(C)N1CCCC1)C(C)N1CCCC1. The van der Waals surface area contributed by atoms with E-state index in [0.717, 1.165) is 37.7 Å². The van der Waals surface area contributed by atoms with Crippen LogP contribution in [0.15, 0.2) is 24.7 Å². The van der Waals surface area contributed by atoms with Crippen LogP contribution in [-0.2, 0) is 4.74 Å². The molecule has 0 saturated carbocycles. The molecule has 0 N–H and O–H groups in total. The van der Waals surface area contributed by atoms with Gasteiger partial charge in [-0.05, 0) is 65.7 Å². The molecule has 0 bridgehead atoms. The lowest BCUT2D eigenvalue weighted by Gasteiger charge is -2.29. The van der Waals surface area contributed by atoms with Gasteiger partial charge >= 0.3 is 0 Å². The summed E-state index contributed by atoms with van der Waals surface area (Å²) in [5.41, 5.74) is 0. The van der Waals surface area contributed by atoms with E-state index in [4.69, 9.17) is 4.74 Å². The predicted molar refractivity (Wildman–Crippen MR) is 79.9 cm³/mol. The molecule has 2 aliphatic heterocycles. The molecular formula is C16H28N2O. The molecule has 19 heavy (non-hydrogen) atoms. The number of hydrogen-bond donors (Lipinski definition) is 0. The minimum absolute atomic E-state index is 0.296. The second-order valence-electron chi connectivity index (χ2n) is 5.87. The molecule has 0 spiro atoms. The fourth-order valence-electron chi connectivity index (χ4n) is 3.00. The van der Waals surface area contributed by atoms with Crippen LogP contribution in [0, 0.1) is 0 Å². The Morgan fingerprint density at radius 2 is 1.11 bits per heavy atom. The zero-order valence-corrected chi connectivity index (χ0v) is 12.5. The van der Waals surface area contributed by atoms with Gasteiger partial charge in [0.15, 0.2) is 0 Å². The molecule has 0 aromatic heterocycles. The molecular weight excluding hydrogens is 236 g/mol. The third kappa shape index (κ3) is 3.61. The standard InChI is InChI=1S/C16H28N2O/c1-13(17-9-5-6-10-17)15(3)19-16(4)14(2)18-11-7-8-12-18/h13-14H,3-12H2,1-2H3. The van der Waals surface area contributed by atoms with Crippen molar-refractivity contribution in [2.75, 3.05) is 26.2 Å². The lowest BCUT2D eigenvalue weighted by molar-refractivity contribution is 0.152. The molecule has 0 aliphatic carbocycles. The van der Waals surface area contributed by atoms with Gasteiger partial charge in [0.05, 0.1) is 12.1 Å². The average Bonchev–Trinajstić information content (AvgIpc) is 3.09. The van der Waals surface area contributed by atoms with Gasteiger partial charge in [0.25, 0.3) is 0 Å². The molecule has 0 amide bonds. The maximum absolute atomic E-state index is 5.93. The fourth-order valence-corrected chi connectivity index (χ4v) is 3.00. The Hall–Kier alpha value is -0.800. The first-order valence-corrected chi connectivity index (χ1v) is 7.63. The molecule has 2 saturated heterocycles. The van der Waals surface area contributed by atoms with Crippen molar-refractivity contribution in [1.29, 1.82) is 0 Å². The molecule has 2 heterocycles. The van der Waals surface area contributed by atoms with Crippen molar-refractivity contribution in [3.05, 3.63) is 24.7 Å². The number of ether oxygens (including phenoxy) is 1. The summed E-state index contributed by atoms with van der Waals surface area (Å²) in [4.78, 5) is 4.88. The van der Waals surface area contributed by atoms with Crippen molar-refractivity contribution >= 4 is 0 Å². The smallest absolute Gasteiger partial charge is 0.113 e. The van der Waals surface area contributed by atoms with E-state index in [-0.39, 0.29) is 0 Å². The first-order valence-electron chi connectivity index (χ1n) is 7.63. The molecule has 3 heteroatoms. The minimum atomic E-state index is 0.296. The Labute approximate surface area is 117 Å². The fraction of sp³-hybridized carbons (Fsp3) is 0.750. The topological polar surface area (TPSA) is 15.7 Å². The highest BCUT2D eigenvalue weighted by atomic mass is 16.5. The molecule has 108 valence electrons. The molecule has 0 aromatic carbocycles.